The number of aromatic nitrogens is 2. The number of rotatable bonds is 7. The van der Waals surface area contributed by atoms with Crippen LogP contribution in [0.3, 0.4) is 0 Å². The molecule has 0 bridgehead atoms. The molecule has 0 aromatic carbocycles. The second-order valence-electron chi connectivity index (χ2n) is 3.90. The number of aryl methyl sites for hydroxylation is 1. The van der Waals surface area contributed by atoms with Gasteiger partial charge in [-0.3, -0.25) is 0 Å². The Bertz CT molecular complexity index is 615. The number of ether oxygens (including phenoxy) is 1. The van der Waals surface area contributed by atoms with E-state index in [0.29, 0.717) is 34.2 Å². The summed E-state index contributed by atoms with van der Waals surface area (Å²) in [7, 11) is 0. The van der Waals surface area contributed by atoms with Gasteiger partial charge in [0, 0.05) is 11.1 Å². The molecule has 0 aliphatic carbocycles. The van der Waals surface area contributed by atoms with E-state index in [2.05, 4.69) is 9.97 Å². The SMILES string of the molecule is Cc1c(C(=O)O)sc2ncnc(SCCOCCO)c12. The lowest BCUT2D eigenvalue weighted by Crippen LogP contribution is -2.02. The summed E-state index contributed by atoms with van der Waals surface area (Å²) in [5, 5.41) is 19.3. The van der Waals surface area contributed by atoms with Gasteiger partial charge in [-0.05, 0) is 12.5 Å². The van der Waals surface area contributed by atoms with E-state index in [1.165, 1.54) is 29.4 Å². The quantitative estimate of drug-likeness (QED) is 0.457. The molecule has 0 radical (unpaired) electrons. The van der Waals surface area contributed by atoms with E-state index in [1.54, 1.807) is 6.92 Å². The smallest absolute Gasteiger partial charge is 0.346 e. The zero-order valence-electron chi connectivity index (χ0n) is 10.8. The minimum absolute atomic E-state index is 0.00797. The molecular weight excluding hydrogens is 300 g/mol. The van der Waals surface area contributed by atoms with Crippen LogP contribution in [0.2, 0.25) is 0 Å². The van der Waals surface area contributed by atoms with Gasteiger partial charge in [-0.15, -0.1) is 23.1 Å². The molecule has 0 saturated heterocycles. The van der Waals surface area contributed by atoms with Crippen LogP contribution in [-0.2, 0) is 4.74 Å². The molecule has 0 saturated carbocycles. The number of carboxylic acid groups (broad SMARTS) is 1. The van der Waals surface area contributed by atoms with Crippen LogP contribution in [0.15, 0.2) is 11.4 Å². The minimum Gasteiger partial charge on any atom is -0.477 e. The Morgan fingerprint density at radius 1 is 1.45 bits per heavy atom. The van der Waals surface area contributed by atoms with Crippen LogP contribution in [-0.4, -0.2) is 51.7 Å². The maximum atomic E-state index is 11.1. The molecule has 2 N–H and O–H groups in total. The molecule has 0 aliphatic rings. The van der Waals surface area contributed by atoms with Crippen LogP contribution in [0.4, 0.5) is 0 Å². The summed E-state index contributed by atoms with van der Waals surface area (Å²) in [5.74, 6) is -0.253. The third-order valence-corrected chi connectivity index (χ3v) is 4.73. The fourth-order valence-electron chi connectivity index (χ4n) is 1.72. The summed E-state index contributed by atoms with van der Waals surface area (Å²) >= 11 is 2.66. The van der Waals surface area contributed by atoms with Gasteiger partial charge in [-0.1, -0.05) is 0 Å². The van der Waals surface area contributed by atoms with E-state index in [0.717, 1.165) is 10.4 Å². The Morgan fingerprint density at radius 3 is 2.95 bits per heavy atom. The Morgan fingerprint density at radius 2 is 2.25 bits per heavy atom. The van der Waals surface area contributed by atoms with Crippen molar-refractivity contribution in [2.24, 2.45) is 0 Å². The van der Waals surface area contributed by atoms with E-state index in [-0.39, 0.29) is 6.61 Å². The van der Waals surface area contributed by atoms with Crippen LogP contribution < -0.4 is 0 Å². The van der Waals surface area contributed by atoms with E-state index >= 15 is 0 Å². The average molecular weight is 314 g/mol. The topological polar surface area (TPSA) is 92.5 Å². The van der Waals surface area contributed by atoms with Crippen molar-refractivity contribution in [2.45, 2.75) is 11.9 Å². The predicted octanol–water partition coefficient (Wildman–Crippen LogP) is 1.80. The first-order valence-electron chi connectivity index (χ1n) is 5.94. The number of thiophene rings is 1. The van der Waals surface area contributed by atoms with Crippen LogP contribution in [0.5, 0.6) is 0 Å². The van der Waals surface area contributed by atoms with Gasteiger partial charge in [0.15, 0.2) is 0 Å². The molecule has 2 aromatic rings. The Kier molecular flexibility index (Phi) is 5.30. The number of thioether (sulfide) groups is 1. The molecule has 6 nitrogen and oxygen atoms in total. The van der Waals surface area contributed by atoms with Crippen LogP contribution in [0, 0.1) is 6.92 Å². The normalized spacial score (nSPS) is 11.1. The molecule has 0 fully saturated rings. The fourth-order valence-corrected chi connectivity index (χ4v) is 3.68. The minimum atomic E-state index is -0.937. The standard InChI is InChI=1S/C12H14N2O4S2/c1-7-8-10(19-5-4-18-3-2-15)13-6-14-11(8)20-9(7)12(16)17/h6,15H,2-5H2,1H3,(H,16,17). The number of aromatic carboxylic acids is 1. The number of hydrogen-bond acceptors (Lipinski definition) is 7. The van der Waals surface area contributed by atoms with Gasteiger partial charge in [0.2, 0.25) is 0 Å². The van der Waals surface area contributed by atoms with Crippen molar-refractivity contribution in [1.82, 2.24) is 9.97 Å². The number of aliphatic hydroxyl groups excluding tert-OH is 1. The van der Waals surface area contributed by atoms with Crippen molar-refractivity contribution in [2.75, 3.05) is 25.6 Å². The molecule has 2 rings (SSSR count). The Hall–Kier alpha value is -1.22. The number of nitrogens with zero attached hydrogens (tertiary/aromatic N) is 2. The molecule has 0 atom stereocenters. The lowest BCUT2D eigenvalue weighted by Gasteiger charge is -2.03. The third-order valence-electron chi connectivity index (χ3n) is 2.59. The van der Waals surface area contributed by atoms with Crippen molar-refractivity contribution >= 4 is 39.3 Å². The number of hydrogen-bond donors (Lipinski definition) is 2. The molecule has 0 spiro atoms. The maximum Gasteiger partial charge on any atom is 0.346 e. The highest BCUT2D eigenvalue weighted by molar-refractivity contribution is 7.99. The van der Waals surface area contributed by atoms with Crippen molar-refractivity contribution in [1.29, 1.82) is 0 Å². The van der Waals surface area contributed by atoms with E-state index in [9.17, 15) is 4.79 Å². The van der Waals surface area contributed by atoms with Gasteiger partial charge in [0.1, 0.15) is 21.1 Å². The lowest BCUT2D eigenvalue weighted by atomic mass is 10.2. The highest BCUT2D eigenvalue weighted by atomic mass is 32.2. The van der Waals surface area contributed by atoms with Crippen LogP contribution in [0.25, 0.3) is 10.2 Å². The third kappa shape index (κ3) is 3.26. The Balaban J connectivity index is 2.19. The van der Waals surface area contributed by atoms with E-state index < -0.39 is 5.97 Å². The summed E-state index contributed by atoms with van der Waals surface area (Å²) in [6.45, 7) is 2.61. The van der Waals surface area contributed by atoms with E-state index in [4.69, 9.17) is 14.9 Å². The molecule has 108 valence electrons. The predicted molar refractivity (Wildman–Crippen MR) is 77.7 cm³/mol. The molecule has 0 unspecified atom stereocenters. The van der Waals surface area contributed by atoms with Gasteiger partial charge in [0.25, 0.3) is 0 Å². The molecular formula is C12H14N2O4S2. The Labute approximate surface area is 123 Å². The first-order valence-corrected chi connectivity index (χ1v) is 7.74. The summed E-state index contributed by atoms with van der Waals surface area (Å²) in [6.07, 6.45) is 1.45. The fraction of sp³-hybridized carbons (Fsp3) is 0.417. The van der Waals surface area contributed by atoms with Crippen molar-refractivity contribution in [3.63, 3.8) is 0 Å². The average Bonchev–Trinajstić information content (AvgIpc) is 2.77. The summed E-state index contributed by atoms with van der Waals surface area (Å²) in [6, 6.07) is 0. The van der Waals surface area contributed by atoms with Gasteiger partial charge in [0.05, 0.1) is 19.8 Å². The van der Waals surface area contributed by atoms with Gasteiger partial charge in [-0.25, -0.2) is 14.8 Å². The number of carbonyl (C=O) groups is 1. The number of aliphatic hydroxyl groups is 1. The maximum absolute atomic E-state index is 11.1. The molecule has 0 aliphatic heterocycles. The van der Waals surface area contributed by atoms with Gasteiger partial charge >= 0.3 is 5.97 Å². The van der Waals surface area contributed by atoms with Crippen molar-refractivity contribution in [3.05, 3.63) is 16.8 Å². The first-order chi connectivity index (χ1) is 9.65. The molecule has 2 aromatic heterocycles. The first kappa shape index (κ1) is 15.2. The molecule has 0 amide bonds. The summed E-state index contributed by atoms with van der Waals surface area (Å²) in [4.78, 5) is 20.5. The highest BCUT2D eigenvalue weighted by Crippen LogP contribution is 2.34. The second kappa shape index (κ2) is 6.98. The van der Waals surface area contributed by atoms with Crippen LogP contribution >= 0.6 is 23.1 Å². The number of fused-ring (bicyclic) bond motifs is 1. The zero-order chi connectivity index (χ0) is 14.5. The van der Waals surface area contributed by atoms with Crippen molar-refractivity contribution in [3.8, 4) is 0 Å². The second-order valence-corrected chi connectivity index (χ2v) is 5.99. The molecule has 2 heterocycles. The van der Waals surface area contributed by atoms with Gasteiger partial charge < -0.3 is 14.9 Å². The van der Waals surface area contributed by atoms with E-state index in [1.807, 2.05) is 0 Å². The highest BCUT2D eigenvalue weighted by Gasteiger charge is 2.18. The molecule has 20 heavy (non-hydrogen) atoms. The van der Waals surface area contributed by atoms with Crippen LogP contribution in [0.1, 0.15) is 15.2 Å². The largest absolute Gasteiger partial charge is 0.477 e. The molecule has 8 heteroatoms. The zero-order valence-corrected chi connectivity index (χ0v) is 12.5. The lowest BCUT2D eigenvalue weighted by molar-refractivity contribution is 0.0701. The summed E-state index contributed by atoms with van der Waals surface area (Å²) in [5.41, 5.74) is 0.705. The summed E-state index contributed by atoms with van der Waals surface area (Å²) < 4.78 is 5.18. The van der Waals surface area contributed by atoms with Crippen molar-refractivity contribution < 1.29 is 19.7 Å². The number of carboxylic acids is 1. The van der Waals surface area contributed by atoms with Gasteiger partial charge in [-0.2, -0.15) is 0 Å². The monoisotopic (exact) mass is 314 g/mol.